The lowest BCUT2D eigenvalue weighted by molar-refractivity contribution is -0.383. The van der Waals surface area contributed by atoms with Gasteiger partial charge in [0.15, 0.2) is 0 Å². The van der Waals surface area contributed by atoms with Crippen molar-refractivity contribution >= 4 is 34.5 Å². The minimum Gasteiger partial charge on any atom is -0.364 e. The van der Waals surface area contributed by atoms with Crippen LogP contribution >= 0.6 is 11.3 Å². The fourth-order valence-corrected chi connectivity index (χ4v) is 3.88. The fraction of sp³-hybridized carbons (Fsp3) is 0.136. The van der Waals surface area contributed by atoms with E-state index in [4.69, 9.17) is 0 Å². The Morgan fingerprint density at radius 1 is 1.00 bits per heavy atom. The lowest BCUT2D eigenvalue weighted by Gasteiger charge is -2.23. The fourth-order valence-electron chi connectivity index (χ4n) is 3.17. The number of nitro groups is 1. The van der Waals surface area contributed by atoms with Crippen LogP contribution in [0.4, 0.5) is 23.1 Å². The molecule has 0 fully saturated rings. The van der Waals surface area contributed by atoms with Crippen molar-refractivity contribution in [2.75, 3.05) is 16.8 Å². The Kier molecular flexibility index (Phi) is 6.44. The molecule has 0 radical (unpaired) electrons. The van der Waals surface area contributed by atoms with E-state index in [0.29, 0.717) is 18.9 Å². The molecule has 3 aromatic heterocycles. The standard InChI is InChI=1S/C22H20N6O2S/c29-28(30)20-21(24-13-11-18-9-6-14-31-18)25-16-26-22(20)27(19-10-4-5-12-23-19)15-17-7-2-1-3-8-17/h1-10,12,14,16H,11,13,15H2,(H,24,25,26). The van der Waals surface area contributed by atoms with Gasteiger partial charge < -0.3 is 10.2 Å². The summed E-state index contributed by atoms with van der Waals surface area (Å²) in [6.45, 7) is 0.907. The predicted molar refractivity (Wildman–Crippen MR) is 122 cm³/mol. The molecule has 0 saturated heterocycles. The normalized spacial score (nSPS) is 10.6. The van der Waals surface area contributed by atoms with Crippen LogP contribution in [0.2, 0.25) is 0 Å². The third-order valence-corrected chi connectivity index (χ3v) is 5.53. The Balaban J connectivity index is 1.69. The van der Waals surface area contributed by atoms with Crippen LogP contribution in [0, 0.1) is 10.1 Å². The Bertz CT molecular complexity index is 1120. The van der Waals surface area contributed by atoms with E-state index < -0.39 is 4.92 Å². The van der Waals surface area contributed by atoms with Gasteiger partial charge in [-0.1, -0.05) is 42.5 Å². The minimum atomic E-state index is -0.441. The van der Waals surface area contributed by atoms with Gasteiger partial charge in [-0.05, 0) is 35.6 Å². The summed E-state index contributed by atoms with van der Waals surface area (Å²) in [6.07, 6.45) is 3.75. The van der Waals surface area contributed by atoms with Crippen molar-refractivity contribution in [2.24, 2.45) is 0 Å². The van der Waals surface area contributed by atoms with Gasteiger partial charge >= 0.3 is 5.69 Å². The quantitative estimate of drug-likeness (QED) is 0.299. The molecule has 4 aromatic rings. The van der Waals surface area contributed by atoms with Crippen molar-refractivity contribution in [3.8, 4) is 0 Å². The van der Waals surface area contributed by atoms with Gasteiger partial charge in [0.05, 0.1) is 11.5 Å². The zero-order chi connectivity index (χ0) is 21.5. The number of aromatic nitrogens is 3. The number of benzene rings is 1. The summed E-state index contributed by atoms with van der Waals surface area (Å²) in [4.78, 5) is 27.4. The summed E-state index contributed by atoms with van der Waals surface area (Å²) in [5, 5.41) is 17.2. The van der Waals surface area contributed by atoms with Gasteiger partial charge in [-0.15, -0.1) is 11.3 Å². The molecule has 0 atom stereocenters. The molecule has 3 heterocycles. The van der Waals surface area contributed by atoms with Gasteiger partial charge in [-0.2, -0.15) is 0 Å². The van der Waals surface area contributed by atoms with Gasteiger partial charge in [0.25, 0.3) is 0 Å². The van der Waals surface area contributed by atoms with E-state index in [-0.39, 0.29) is 17.3 Å². The summed E-state index contributed by atoms with van der Waals surface area (Å²) in [5.41, 5.74) is 0.809. The van der Waals surface area contributed by atoms with Crippen LogP contribution in [0.15, 0.2) is 78.6 Å². The highest BCUT2D eigenvalue weighted by Crippen LogP contribution is 2.36. The first-order valence-corrected chi connectivity index (χ1v) is 10.6. The molecule has 0 spiro atoms. The second-order valence-corrected chi connectivity index (χ2v) is 7.70. The molecule has 8 nitrogen and oxygen atoms in total. The molecule has 0 bridgehead atoms. The number of hydrogen-bond acceptors (Lipinski definition) is 8. The molecule has 0 unspecified atom stereocenters. The van der Waals surface area contributed by atoms with Crippen LogP contribution in [0.25, 0.3) is 0 Å². The maximum absolute atomic E-state index is 12.1. The molecule has 0 aliphatic carbocycles. The molecule has 0 amide bonds. The van der Waals surface area contributed by atoms with Gasteiger partial charge in [0.1, 0.15) is 12.1 Å². The molecular formula is C22H20N6O2S. The zero-order valence-corrected chi connectivity index (χ0v) is 17.4. The van der Waals surface area contributed by atoms with E-state index in [9.17, 15) is 10.1 Å². The number of rotatable bonds is 9. The average molecular weight is 433 g/mol. The first kappa shape index (κ1) is 20.4. The number of hydrogen-bond donors (Lipinski definition) is 1. The molecule has 4 rings (SSSR count). The Hall–Kier alpha value is -3.85. The van der Waals surface area contributed by atoms with E-state index in [2.05, 4.69) is 20.3 Å². The maximum Gasteiger partial charge on any atom is 0.353 e. The molecular weight excluding hydrogens is 412 g/mol. The summed E-state index contributed by atoms with van der Waals surface area (Å²) in [7, 11) is 0. The van der Waals surface area contributed by atoms with Crippen LogP contribution in [0.5, 0.6) is 0 Å². The third-order valence-electron chi connectivity index (χ3n) is 4.59. The Morgan fingerprint density at radius 2 is 1.84 bits per heavy atom. The Labute approximate surface area is 183 Å². The average Bonchev–Trinajstić information content (AvgIpc) is 3.32. The summed E-state index contributed by atoms with van der Waals surface area (Å²) in [5.74, 6) is 0.958. The Morgan fingerprint density at radius 3 is 2.55 bits per heavy atom. The largest absolute Gasteiger partial charge is 0.364 e. The summed E-state index contributed by atoms with van der Waals surface area (Å²) in [6, 6.07) is 19.2. The molecule has 0 saturated carbocycles. The maximum atomic E-state index is 12.1. The highest BCUT2D eigenvalue weighted by atomic mass is 32.1. The van der Waals surface area contributed by atoms with Gasteiger partial charge in [-0.25, -0.2) is 15.0 Å². The van der Waals surface area contributed by atoms with Crippen molar-refractivity contribution < 1.29 is 4.92 Å². The molecule has 1 N–H and O–H groups in total. The van der Waals surface area contributed by atoms with Crippen LogP contribution in [-0.2, 0) is 13.0 Å². The van der Waals surface area contributed by atoms with Crippen molar-refractivity contribution in [3.05, 3.63) is 99.1 Å². The van der Waals surface area contributed by atoms with Crippen LogP contribution < -0.4 is 10.2 Å². The number of pyridine rings is 1. The molecule has 0 aliphatic rings. The molecule has 31 heavy (non-hydrogen) atoms. The van der Waals surface area contributed by atoms with Crippen molar-refractivity contribution in [1.82, 2.24) is 15.0 Å². The number of nitrogens with one attached hydrogen (secondary N) is 1. The zero-order valence-electron chi connectivity index (χ0n) is 16.6. The molecule has 1 aromatic carbocycles. The van der Waals surface area contributed by atoms with Crippen LogP contribution in [0.1, 0.15) is 10.4 Å². The third kappa shape index (κ3) is 5.01. The lowest BCUT2D eigenvalue weighted by atomic mass is 10.2. The van der Waals surface area contributed by atoms with Crippen molar-refractivity contribution in [1.29, 1.82) is 0 Å². The van der Waals surface area contributed by atoms with Crippen LogP contribution in [-0.4, -0.2) is 26.4 Å². The first-order chi connectivity index (χ1) is 15.2. The van der Waals surface area contributed by atoms with E-state index in [0.717, 1.165) is 12.0 Å². The number of nitrogens with zero attached hydrogens (tertiary/aromatic N) is 5. The van der Waals surface area contributed by atoms with Gasteiger partial charge in [-0.3, -0.25) is 10.1 Å². The van der Waals surface area contributed by atoms with Crippen LogP contribution in [0.3, 0.4) is 0 Å². The monoisotopic (exact) mass is 432 g/mol. The first-order valence-electron chi connectivity index (χ1n) is 9.70. The lowest BCUT2D eigenvalue weighted by Crippen LogP contribution is -2.21. The number of anilines is 3. The summed E-state index contributed by atoms with van der Waals surface area (Å²) >= 11 is 1.65. The van der Waals surface area contributed by atoms with E-state index in [1.165, 1.54) is 11.2 Å². The van der Waals surface area contributed by atoms with E-state index >= 15 is 0 Å². The second kappa shape index (κ2) is 9.77. The van der Waals surface area contributed by atoms with Gasteiger partial charge in [0.2, 0.25) is 11.6 Å². The predicted octanol–water partition coefficient (Wildman–Crippen LogP) is 4.83. The smallest absolute Gasteiger partial charge is 0.353 e. The van der Waals surface area contributed by atoms with Crippen molar-refractivity contribution in [3.63, 3.8) is 0 Å². The topological polar surface area (TPSA) is 97.1 Å². The van der Waals surface area contributed by atoms with E-state index in [1.807, 2.05) is 53.9 Å². The SMILES string of the molecule is O=[N+]([O-])c1c(NCCc2cccs2)ncnc1N(Cc1ccccc1)c1ccccn1. The molecule has 156 valence electrons. The second-order valence-electron chi connectivity index (χ2n) is 6.67. The van der Waals surface area contributed by atoms with Crippen molar-refractivity contribution in [2.45, 2.75) is 13.0 Å². The number of thiophene rings is 1. The molecule has 0 aliphatic heterocycles. The highest BCUT2D eigenvalue weighted by Gasteiger charge is 2.28. The molecule has 9 heteroatoms. The van der Waals surface area contributed by atoms with Gasteiger partial charge in [0, 0.05) is 17.6 Å². The van der Waals surface area contributed by atoms with E-state index in [1.54, 1.807) is 34.6 Å². The highest BCUT2D eigenvalue weighted by molar-refractivity contribution is 7.09. The summed E-state index contributed by atoms with van der Waals surface area (Å²) < 4.78 is 0. The minimum absolute atomic E-state index is 0.171.